The molecule has 1 heterocycles. The molecule has 10 heavy (non-hydrogen) atoms. The molecule has 0 saturated carbocycles. The van der Waals surface area contributed by atoms with Crippen molar-refractivity contribution in [1.82, 2.24) is 0 Å². The Kier molecular flexibility index (Phi) is 1.87. The van der Waals surface area contributed by atoms with Crippen molar-refractivity contribution in [3.63, 3.8) is 0 Å². The molecule has 0 aliphatic carbocycles. The van der Waals surface area contributed by atoms with Gasteiger partial charge in [-0.15, -0.1) is 0 Å². The summed E-state index contributed by atoms with van der Waals surface area (Å²) in [5.41, 5.74) is 0. The first-order valence-corrected chi connectivity index (χ1v) is 2.79. The van der Waals surface area contributed by atoms with Crippen LogP contribution in [0.15, 0.2) is 0 Å². The molecule has 0 aromatic rings. The van der Waals surface area contributed by atoms with Gasteiger partial charge in [0.2, 0.25) is 0 Å². The van der Waals surface area contributed by atoms with E-state index in [1.807, 2.05) is 0 Å². The van der Waals surface area contributed by atoms with Gasteiger partial charge < -0.3 is 14.9 Å². The number of hydrogen-bond acceptors (Lipinski definition) is 3. The van der Waals surface area contributed by atoms with Gasteiger partial charge in [-0.05, 0) is 0 Å². The number of hydrogen-bond donors (Lipinski definition) is 2. The second-order valence-corrected chi connectivity index (χ2v) is 2.10. The van der Waals surface area contributed by atoms with Crippen molar-refractivity contribution >= 4 is 5.97 Å². The lowest BCUT2D eigenvalue weighted by molar-refractivity contribution is -0.151. The Balaban J connectivity index is 2.57. The van der Waals surface area contributed by atoms with Crippen molar-refractivity contribution in [2.75, 3.05) is 6.61 Å². The number of carboxylic acids is 1. The van der Waals surface area contributed by atoms with Crippen LogP contribution in [0.25, 0.3) is 0 Å². The molecule has 5 heteroatoms. The van der Waals surface area contributed by atoms with Crippen molar-refractivity contribution in [3.05, 3.63) is 0 Å². The molecular formula is C5H7FO4. The maximum absolute atomic E-state index is 12.3. The van der Waals surface area contributed by atoms with E-state index in [4.69, 9.17) is 10.2 Å². The summed E-state index contributed by atoms with van der Waals surface area (Å²) >= 11 is 0. The number of carboxylic acid groups (broad SMARTS) is 1. The van der Waals surface area contributed by atoms with Crippen LogP contribution in [0.2, 0.25) is 0 Å². The van der Waals surface area contributed by atoms with E-state index < -0.39 is 24.3 Å². The molecular weight excluding hydrogens is 143 g/mol. The molecule has 0 aromatic carbocycles. The van der Waals surface area contributed by atoms with Crippen molar-refractivity contribution in [2.24, 2.45) is 0 Å². The molecule has 58 valence electrons. The van der Waals surface area contributed by atoms with Crippen molar-refractivity contribution in [2.45, 2.75) is 18.4 Å². The third-order valence-corrected chi connectivity index (χ3v) is 1.36. The predicted octanol–water partition coefficient (Wildman–Crippen LogP) is -0.831. The topological polar surface area (TPSA) is 66.8 Å². The van der Waals surface area contributed by atoms with Crippen LogP contribution < -0.4 is 0 Å². The summed E-state index contributed by atoms with van der Waals surface area (Å²) in [5, 5.41) is 17.0. The number of alkyl halides is 1. The number of ether oxygens (including phenoxy) is 1. The molecule has 1 rings (SSSR count). The molecule has 1 aliphatic rings. The first kappa shape index (κ1) is 7.43. The Morgan fingerprint density at radius 3 is 2.50 bits per heavy atom. The predicted molar refractivity (Wildman–Crippen MR) is 28.3 cm³/mol. The molecule has 1 fully saturated rings. The number of carbonyl (C=O) groups is 1. The number of rotatable bonds is 1. The van der Waals surface area contributed by atoms with Gasteiger partial charge in [0.05, 0.1) is 6.61 Å². The molecule has 2 N–H and O–H groups in total. The summed E-state index contributed by atoms with van der Waals surface area (Å²) in [6, 6.07) is 0. The van der Waals surface area contributed by atoms with Crippen LogP contribution in [0.1, 0.15) is 0 Å². The van der Waals surface area contributed by atoms with E-state index in [0.29, 0.717) is 0 Å². The smallest absolute Gasteiger partial charge is 0.335 e. The molecule has 1 aliphatic heterocycles. The maximum Gasteiger partial charge on any atom is 0.335 e. The van der Waals surface area contributed by atoms with Gasteiger partial charge in [-0.3, -0.25) is 0 Å². The summed E-state index contributed by atoms with van der Waals surface area (Å²) in [6.45, 7) is -0.335. The van der Waals surface area contributed by atoms with Gasteiger partial charge in [0.25, 0.3) is 0 Å². The normalized spacial score (nSPS) is 40.0. The molecule has 0 aromatic heterocycles. The van der Waals surface area contributed by atoms with Gasteiger partial charge in [-0.25, -0.2) is 9.18 Å². The third kappa shape index (κ3) is 1.10. The number of halogens is 1. The Morgan fingerprint density at radius 2 is 2.30 bits per heavy atom. The number of aliphatic carboxylic acids is 1. The molecule has 0 unspecified atom stereocenters. The van der Waals surface area contributed by atoms with Gasteiger partial charge in [0.15, 0.2) is 12.3 Å². The molecule has 0 spiro atoms. The molecule has 0 bridgehead atoms. The van der Waals surface area contributed by atoms with Crippen LogP contribution in [-0.4, -0.2) is 41.2 Å². The van der Waals surface area contributed by atoms with Gasteiger partial charge in [0, 0.05) is 0 Å². The summed E-state index contributed by atoms with van der Waals surface area (Å²) in [5.74, 6) is -1.33. The first-order valence-electron chi connectivity index (χ1n) is 2.79. The Labute approximate surface area is 56.2 Å². The molecule has 4 nitrogen and oxygen atoms in total. The lowest BCUT2D eigenvalue weighted by Crippen LogP contribution is -2.33. The number of aliphatic hydroxyl groups is 1. The minimum atomic E-state index is -1.57. The first-order chi connectivity index (χ1) is 4.63. The van der Waals surface area contributed by atoms with E-state index in [1.54, 1.807) is 0 Å². The zero-order valence-corrected chi connectivity index (χ0v) is 5.03. The van der Waals surface area contributed by atoms with E-state index >= 15 is 0 Å². The van der Waals surface area contributed by atoms with Crippen LogP contribution in [-0.2, 0) is 9.53 Å². The van der Waals surface area contributed by atoms with E-state index in [-0.39, 0.29) is 6.61 Å². The standard InChI is InChI=1S/C5H7FO4/c6-2-1-10-4(3(2)7)5(8)9/h2-4,7H,1H2,(H,8,9)/t2-,3+,4+/m0/s1. The van der Waals surface area contributed by atoms with Crippen molar-refractivity contribution in [1.29, 1.82) is 0 Å². The number of aliphatic hydroxyl groups excluding tert-OH is 1. The average Bonchev–Trinajstić information content (AvgIpc) is 2.14. The molecule has 0 radical (unpaired) electrons. The van der Waals surface area contributed by atoms with E-state index in [9.17, 15) is 9.18 Å². The van der Waals surface area contributed by atoms with Crippen LogP contribution in [0.4, 0.5) is 4.39 Å². The minimum Gasteiger partial charge on any atom is -0.479 e. The SMILES string of the molecule is O=C(O)[C@@H]1OC[C@H](F)[C@H]1O. The summed E-state index contributed by atoms with van der Waals surface area (Å²) in [7, 11) is 0. The highest BCUT2D eigenvalue weighted by molar-refractivity contribution is 5.73. The largest absolute Gasteiger partial charge is 0.479 e. The molecule has 3 atom stereocenters. The van der Waals surface area contributed by atoms with E-state index in [0.717, 1.165) is 0 Å². The lowest BCUT2D eigenvalue weighted by atomic mass is 10.2. The monoisotopic (exact) mass is 150 g/mol. The van der Waals surface area contributed by atoms with E-state index in [1.165, 1.54) is 0 Å². The van der Waals surface area contributed by atoms with E-state index in [2.05, 4.69) is 4.74 Å². The van der Waals surface area contributed by atoms with Crippen LogP contribution >= 0.6 is 0 Å². The fraction of sp³-hybridized carbons (Fsp3) is 0.800. The zero-order valence-electron chi connectivity index (χ0n) is 5.03. The van der Waals surface area contributed by atoms with Gasteiger partial charge in [-0.2, -0.15) is 0 Å². The van der Waals surface area contributed by atoms with Crippen molar-refractivity contribution in [3.8, 4) is 0 Å². The van der Waals surface area contributed by atoms with Gasteiger partial charge in [0.1, 0.15) is 6.10 Å². The molecule has 1 saturated heterocycles. The second kappa shape index (κ2) is 2.51. The Hall–Kier alpha value is -0.680. The quantitative estimate of drug-likeness (QED) is 0.512. The van der Waals surface area contributed by atoms with Crippen LogP contribution in [0, 0.1) is 0 Å². The fourth-order valence-corrected chi connectivity index (χ4v) is 0.800. The summed E-state index contributed by atoms with van der Waals surface area (Å²) in [6.07, 6.45) is -4.48. The highest BCUT2D eigenvalue weighted by Gasteiger charge is 2.40. The highest BCUT2D eigenvalue weighted by Crippen LogP contribution is 2.16. The van der Waals surface area contributed by atoms with Gasteiger partial charge in [-0.1, -0.05) is 0 Å². The molecule has 0 amide bonds. The van der Waals surface area contributed by atoms with Crippen LogP contribution in [0.3, 0.4) is 0 Å². The summed E-state index contributed by atoms with van der Waals surface area (Å²) in [4.78, 5) is 10.1. The average molecular weight is 150 g/mol. The maximum atomic E-state index is 12.3. The van der Waals surface area contributed by atoms with Crippen molar-refractivity contribution < 1.29 is 24.1 Å². The Morgan fingerprint density at radius 1 is 1.70 bits per heavy atom. The Bertz CT molecular complexity index is 149. The third-order valence-electron chi connectivity index (χ3n) is 1.36. The van der Waals surface area contributed by atoms with Gasteiger partial charge >= 0.3 is 5.97 Å². The highest BCUT2D eigenvalue weighted by atomic mass is 19.1. The van der Waals surface area contributed by atoms with Crippen LogP contribution in [0.5, 0.6) is 0 Å². The second-order valence-electron chi connectivity index (χ2n) is 2.10. The zero-order chi connectivity index (χ0) is 7.72. The summed E-state index contributed by atoms with van der Waals surface area (Å²) < 4.78 is 16.7. The lowest BCUT2D eigenvalue weighted by Gasteiger charge is -2.07. The minimum absolute atomic E-state index is 0.335. The fourth-order valence-electron chi connectivity index (χ4n) is 0.800.